The van der Waals surface area contributed by atoms with Gasteiger partial charge in [0.2, 0.25) is 11.8 Å². The van der Waals surface area contributed by atoms with Crippen molar-refractivity contribution in [2.45, 2.75) is 13.3 Å². The largest absolute Gasteiger partial charge is 0.354 e. The van der Waals surface area contributed by atoms with Crippen LogP contribution in [0.5, 0.6) is 0 Å². The van der Waals surface area contributed by atoms with Gasteiger partial charge in [-0.25, -0.2) is 9.97 Å². The summed E-state index contributed by atoms with van der Waals surface area (Å²) in [5.41, 5.74) is 0.925. The van der Waals surface area contributed by atoms with Gasteiger partial charge in [0.05, 0.1) is 5.52 Å². The highest BCUT2D eigenvalue weighted by atomic mass is 16.5. The molecule has 0 radical (unpaired) electrons. The summed E-state index contributed by atoms with van der Waals surface area (Å²) in [5.74, 6) is 1.87. The Hall–Kier alpha value is -2.50. The van der Waals surface area contributed by atoms with Gasteiger partial charge in [-0.15, -0.1) is 0 Å². The third-order valence-corrected chi connectivity index (χ3v) is 2.68. The lowest BCUT2D eigenvalue weighted by Crippen LogP contribution is -2.08. The van der Waals surface area contributed by atoms with Crippen LogP contribution in [0, 0.1) is 6.92 Å². The molecule has 0 aliphatic carbocycles. The zero-order chi connectivity index (χ0) is 13.1. The minimum Gasteiger partial charge on any atom is -0.354 e. The number of aromatic nitrogens is 4. The highest BCUT2D eigenvalue weighted by Crippen LogP contribution is 2.11. The average molecular weight is 255 g/mol. The first-order valence-electron chi connectivity index (χ1n) is 6.06. The van der Waals surface area contributed by atoms with E-state index in [2.05, 4.69) is 25.4 Å². The standard InChI is InChI=1S/C13H13N5O/c1-9-16-12(19-18-9)6-7-14-13-15-8-10-4-2-3-5-11(10)17-13/h2-5,8H,6-7H2,1H3,(H,14,15,17). The predicted molar refractivity (Wildman–Crippen MR) is 70.8 cm³/mol. The summed E-state index contributed by atoms with van der Waals surface area (Å²) in [6.45, 7) is 2.45. The fourth-order valence-corrected chi connectivity index (χ4v) is 1.78. The van der Waals surface area contributed by atoms with Crippen molar-refractivity contribution in [3.63, 3.8) is 0 Å². The normalized spacial score (nSPS) is 10.8. The second-order valence-electron chi connectivity index (χ2n) is 4.16. The molecule has 0 saturated carbocycles. The zero-order valence-electron chi connectivity index (χ0n) is 10.5. The van der Waals surface area contributed by atoms with Crippen LogP contribution in [0.1, 0.15) is 11.7 Å². The van der Waals surface area contributed by atoms with Crippen LogP contribution >= 0.6 is 0 Å². The van der Waals surface area contributed by atoms with Gasteiger partial charge in [-0.2, -0.15) is 4.98 Å². The molecule has 0 fully saturated rings. The highest BCUT2D eigenvalue weighted by molar-refractivity contribution is 5.78. The molecule has 6 nitrogen and oxygen atoms in total. The lowest BCUT2D eigenvalue weighted by molar-refractivity contribution is 0.377. The first-order valence-corrected chi connectivity index (χ1v) is 6.06. The van der Waals surface area contributed by atoms with Crippen molar-refractivity contribution in [2.24, 2.45) is 0 Å². The predicted octanol–water partition coefficient (Wildman–Crippen LogP) is 1.98. The summed E-state index contributed by atoms with van der Waals surface area (Å²) in [6, 6.07) is 7.88. The fourth-order valence-electron chi connectivity index (χ4n) is 1.78. The molecule has 3 rings (SSSR count). The molecule has 1 N–H and O–H groups in total. The van der Waals surface area contributed by atoms with E-state index in [4.69, 9.17) is 4.52 Å². The zero-order valence-corrected chi connectivity index (χ0v) is 10.5. The quantitative estimate of drug-likeness (QED) is 0.768. The van der Waals surface area contributed by atoms with Crippen molar-refractivity contribution in [1.29, 1.82) is 0 Å². The number of para-hydroxylation sites is 1. The van der Waals surface area contributed by atoms with Crippen LogP contribution in [0.4, 0.5) is 5.95 Å². The number of aryl methyl sites for hydroxylation is 1. The van der Waals surface area contributed by atoms with Gasteiger partial charge in [0, 0.05) is 24.5 Å². The second kappa shape index (κ2) is 5.01. The van der Waals surface area contributed by atoms with E-state index in [1.165, 1.54) is 0 Å². The lowest BCUT2D eigenvalue weighted by Gasteiger charge is -2.03. The SMILES string of the molecule is Cc1noc(CCNc2ncc3ccccc3n2)n1. The van der Waals surface area contributed by atoms with E-state index in [-0.39, 0.29) is 0 Å². The smallest absolute Gasteiger partial charge is 0.228 e. The van der Waals surface area contributed by atoms with E-state index < -0.39 is 0 Å². The van der Waals surface area contributed by atoms with Crippen LogP contribution in [0.2, 0.25) is 0 Å². The topological polar surface area (TPSA) is 76.7 Å². The second-order valence-corrected chi connectivity index (χ2v) is 4.16. The first kappa shape index (κ1) is 11.6. The van der Waals surface area contributed by atoms with E-state index >= 15 is 0 Å². The number of nitrogens with zero attached hydrogens (tertiary/aromatic N) is 4. The summed E-state index contributed by atoms with van der Waals surface area (Å²) in [5, 5.41) is 7.91. The van der Waals surface area contributed by atoms with Gasteiger partial charge in [0.25, 0.3) is 0 Å². The molecule has 2 heterocycles. The molecule has 0 aliphatic heterocycles. The van der Waals surface area contributed by atoms with Crippen molar-refractivity contribution < 1.29 is 4.52 Å². The number of benzene rings is 1. The minimum atomic E-state index is 0.606. The Kier molecular flexibility index (Phi) is 3.06. The van der Waals surface area contributed by atoms with Gasteiger partial charge >= 0.3 is 0 Å². The Morgan fingerprint density at radius 2 is 2.11 bits per heavy atom. The molecule has 19 heavy (non-hydrogen) atoms. The number of hydrogen-bond donors (Lipinski definition) is 1. The van der Waals surface area contributed by atoms with Crippen molar-refractivity contribution in [1.82, 2.24) is 20.1 Å². The van der Waals surface area contributed by atoms with Crippen molar-refractivity contribution in [3.8, 4) is 0 Å². The molecule has 0 spiro atoms. The molecule has 96 valence electrons. The summed E-state index contributed by atoms with van der Waals surface area (Å²) in [4.78, 5) is 12.8. The van der Waals surface area contributed by atoms with Gasteiger partial charge in [0.15, 0.2) is 5.82 Å². The Bertz CT molecular complexity index is 694. The minimum absolute atomic E-state index is 0.606. The van der Waals surface area contributed by atoms with E-state index in [1.807, 2.05) is 30.5 Å². The Balaban J connectivity index is 1.65. The third-order valence-electron chi connectivity index (χ3n) is 2.68. The molecule has 6 heteroatoms. The molecule has 0 amide bonds. The number of nitrogens with one attached hydrogen (secondary N) is 1. The fraction of sp³-hybridized carbons (Fsp3) is 0.231. The molecule has 2 aromatic heterocycles. The molecular formula is C13H13N5O. The Morgan fingerprint density at radius 1 is 1.21 bits per heavy atom. The Morgan fingerprint density at radius 3 is 2.95 bits per heavy atom. The molecule has 0 saturated heterocycles. The summed E-state index contributed by atoms with van der Waals surface area (Å²) < 4.78 is 5.03. The van der Waals surface area contributed by atoms with Gasteiger partial charge in [-0.3, -0.25) is 0 Å². The maximum atomic E-state index is 5.03. The van der Waals surface area contributed by atoms with Crippen LogP contribution in [-0.4, -0.2) is 26.7 Å². The van der Waals surface area contributed by atoms with Gasteiger partial charge in [0.1, 0.15) is 0 Å². The highest BCUT2D eigenvalue weighted by Gasteiger charge is 2.03. The average Bonchev–Trinajstić information content (AvgIpc) is 2.84. The summed E-state index contributed by atoms with van der Waals surface area (Å²) in [7, 11) is 0. The van der Waals surface area contributed by atoms with Crippen molar-refractivity contribution >= 4 is 16.9 Å². The van der Waals surface area contributed by atoms with Crippen LogP contribution in [0.3, 0.4) is 0 Å². The van der Waals surface area contributed by atoms with E-state index in [0.29, 0.717) is 30.6 Å². The molecule has 0 unspecified atom stereocenters. The lowest BCUT2D eigenvalue weighted by atomic mass is 10.2. The number of anilines is 1. The van der Waals surface area contributed by atoms with E-state index in [1.54, 1.807) is 6.92 Å². The van der Waals surface area contributed by atoms with Crippen LogP contribution in [-0.2, 0) is 6.42 Å². The maximum Gasteiger partial charge on any atom is 0.228 e. The van der Waals surface area contributed by atoms with Gasteiger partial charge < -0.3 is 9.84 Å². The Labute approximate surface area is 109 Å². The molecule has 0 bridgehead atoms. The monoisotopic (exact) mass is 255 g/mol. The maximum absolute atomic E-state index is 5.03. The summed E-state index contributed by atoms with van der Waals surface area (Å²) in [6.07, 6.45) is 2.46. The molecule has 3 aromatic rings. The van der Waals surface area contributed by atoms with Gasteiger partial charge in [-0.1, -0.05) is 23.4 Å². The van der Waals surface area contributed by atoms with E-state index in [9.17, 15) is 0 Å². The molecular weight excluding hydrogens is 242 g/mol. The molecule has 1 aromatic carbocycles. The number of hydrogen-bond acceptors (Lipinski definition) is 6. The van der Waals surface area contributed by atoms with Crippen LogP contribution < -0.4 is 5.32 Å². The first-order chi connectivity index (χ1) is 9.31. The number of rotatable bonds is 4. The number of fused-ring (bicyclic) bond motifs is 1. The van der Waals surface area contributed by atoms with Crippen molar-refractivity contribution in [3.05, 3.63) is 42.2 Å². The van der Waals surface area contributed by atoms with Crippen molar-refractivity contribution in [2.75, 3.05) is 11.9 Å². The summed E-state index contributed by atoms with van der Waals surface area (Å²) >= 11 is 0. The third kappa shape index (κ3) is 2.67. The van der Waals surface area contributed by atoms with Crippen LogP contribution in [0.25, 0.3) is 10.9 Å². The molecule has 0 atom stereocenters. The molecule has 0 aliphatic rings. The van der Waals surface area contributed by atoms with Crippen LogP contribution in [0.15, 0.2) is 35.0 Å². The van der Waals surface area contributed by atoms with E-state index in [0.717, 1.165) is 10.9 Å². The van der Waals surface area contributed by atoms with Gasteiger partial charge in [-0.05, 0) is 13.0 Å².